The molecule has 6 heteroatoms. The summed E-state index contributed by atoms with van der Waals surface area (Å²) in [6, 6.07) is 4.68. The van der Waals surface area contributed by atoms with E-state index in [-0.39, 0.29) is 4.90 Å². The molecule has 1 saturated carbocycles. The van der Waals surface area contributed by atoms with E-state index in [1.807, 2.05) is 0 Å². The fourth-order valence-corrected chi connectivity index (χ4v) is 3.37. The summed E-state index contributed by atoms with van der Waals surface area (Å²) in [6.07, 6.45) is 5.83. The van der Waals surface area contributed by atoms with E-state index < -0.39 is 16.0 Å². The summed E-state index contributed by atoms with van der Waals surface area (Å²) in [5.74, 6) is -0.577. The quantitative estimate of drug-likeness (QED) is 0.789. The molecule has 1 aliphatic rings. The van der Waals surface area contributed by atoms with Crippen LogP contribution in [0.5, 0.6) is 0 Å². The van der Waals surface area contributed by atoms with Gasteiger partial charge in [0.15, 0.2) is 0 Å². The van der Waals surface area contributed by atoms with Gasteiger partial charge >= 0.3 is 5.97 Å². The Morgan fingerprint density at radius 3 is 2.67 bits per heavy atom. The van der Waals surface area contributed by atoms with Gasteiger partial charge in [-0.2, -0.15) is 0 Å². The molecule has 0 radical (unpaired) electrons. The van der Waals surface area contributed by atoms with Gasteiger partial charge in [-0.3, -0.25) is 0 Å². The van der Waals surface area contributed by atoms with Crippen LogP contribution in [0.2, 0.25) is 0 Å². The molecule has 1 fully saturated rings. The number of carbonyl (C=O) groups is 1. The van der Waals surface area contributed by atoms with Gasteiger partial charge < -0.3 is 5.11 Å². The average Bonchev–Trinajstić information content (AvgIpc) is 2.35. The molecular formula is C15H19NO4S. The van der Waals surface area contributed by atoms with Crippen molar-refractivity contribution in [2.24, 2.45) is 5.92 Å². The largest absolute Gasteiger partial charge is 0.478 e. The number of benzene rings is 1. The normalized spacial score (nSPS) is 16.0. The van der Waals surface area contributed by atoms with Crippen molar-refractivity contribution in [3.8, 4) is 0 Å². The van der Waals surface area contributed by atoms with Crippen molar-refractivity contribution in [1.82, 2.24) is 4.72 Å². The molecule has 2 rings (SSSR count). The Morgan fingerprint density at radius 2 is 2.14 bits per heavy atom. The molecule has 0 unspecified atom stereocenters. The average molecular weight is 309 g/mol. The predicted molar refractivity (Wildman–Crippen MR) is 80.4 cm³/mol. The summed E-state index contributed by atoms with van der Waals surface area (Å²) < 4.78 is 27.0. The third-order valence-corrected chi connectivity index (χ3v) is 5.17. The molecule has 1 aromatic carbocycles. The van der Waals surface area contributed by atoms with Gasteiger partial charge in [0.05, 0.1) is 4.90 Å². The smallest absolute Gasteiger partial charge is 0.328 e. The zero-order valence-electron chi connectivity index (χ0n) is 11.9. The van der Waals surface area contributed by atoms with Gasteiger partial charge in [-0.15, -0.1) is 0 Å². The molecule has 0 heterocycles. The first-order chi connectivity index (χ1) is 9.88. The standard InChI is InChI=1S/C15H19NO4S/c1-11-9-14(7-5-13(11)6-8-15(17)18)21(19,20)16-10-12-3-2-4-12/h5-9,12,16H,2-4,10H2,1H3,(H,17,18). The van der Waals surface area contributed by atoms with E-state index >= 15 is 0 Å². The number of sulfonamides is 1. The van der Waals surface area contributed by atoms with Gasteiger partial charge in [0.1, 0.15) is 0 Å². The Morgan fingerprint density at radius 1 is 1.43 bits per heavy atom. The first-order valence-corrected chi connectivity index (χ1v) is 8.38. The number of nitrogens with one attached hydrogen (secondary N) is 1. The van der Waals surface area contributed by atoms with E-state index in [0.717, 1.165) is 24.5 Å². The molecular weight excluding hydrogens is 290 g/mol. The molecule has 114 valence electrons. The Hall–Kier alpha value is -1.66. The zero-order chi connectivity index (χ0) is 15.5. The van der Waals surface area contributed by atoms with Crippen LogP contribution in [-0.4, -0.2) is 26.0 Å². The highest BCUT2D eigenvalue weighted by molar-refractivity contribution is 7.89. The number of carboxylic acids is 1. The fraction of sp³-hybridized carbons (Fsp3) is 0.400. The third kappa shape index (κ3) is 4.15. The summed E-state index contributed by atoms with van der Waals surface area (Å²) >= 11 is 0. The van der Waals surface area contributed by atoms with Crippen molar-refractivity contribution < 1.29 is 18.3 Å². The minimum Gasteiger partial charge on any atom is -0.478 e. The van der Waals surface area contributed by atoms with E-state index in [1.165, 1.54) is 18.6 Å². The van der Waals surface area contributed by atoms with Crippen molar-refractivity contribution in [3.63, 3.8) is 0 Å². The van der Waals surface area contributed by atoms with Crippen molar-refractivity contribution in [2.45, 2.75) is 31.1 Å². The van der Waals surface area contributed by atoms with E-state index in [9.17, 15) is 13.2 Å². The van der Waals surface area contributed by atoms with E-state index in [4.69, 9.17) is 5.11 Å². The molecule has 0 amide bonds. The Balaban J connectivity index is 2.12. The van der Waals surface area contributed by atoms with Crippen molar-refractivity contribution in [1.29, 1.82) is 0 Å². The molecule has 5 nitrogen and oxygen atoms in total. The molecule has 2 N–H and O–H groups in total. The lowest BCUT2D eigenvalue weighted by atomic mass is 9.86. The molecule has 1 aliphatic carbocycles. The summed E-state index contributed by atoms with van der Waals surface area (Å²) in [5.41, 5.74) is 1.41. The second-order valence-corrected chi connectivity index (χ2v) is 7.11. The molecule has 0 bridgehead atoms. The summed E-state index contributed by atoms with van der Waals surface area (Å²) in [7, 11) is -3.49. The van der Waals surface area contributed by atoms with Gasteiger partial charge in [-0.05, 0) is 55.0 Å². The minimum absolute atomic E-state index is 0.215. The van der Waals surface area contributed by atoms with Crippen LogP contribution in [0.3, 0.4) is 0 Å². The zero-order valence-corrected chi connectivity index (χ0v) is 12.7. The van der Waals surface area contributed by atoms with Crippen LogP contribution >= 0.6 is 0 Å². The summed E-state index contributed by atoms with van der Waals surface area (Å²) in [4.78, 5) is 10.7. The first kappa shape index (κ1) is 15.7. The van der Waals surface area contributed by atoms with Crippen LogP contribution in [0, 0.1) is 12.8 Å². The number of rotatable bonds is 6. The second kappa shape index (κ2) is 6.41. The highest BCUT2D eigenvalue weighted by Gasteiger charge is 2.21. The molecule has 0 aromatic heterocycles. The maximum absolute atomic E-state index is 12.2. The van der Waals surface area contributed by atoms with Crippen LogP contribution in [0.4, 0.5) is 0 Å². The maximum atomic E-state index is 12.2. The molecule has 21 heavy (non-hydrogen) atoms. The Labute approximate surface area is 124 Å². The second-order valence-electron chi connectivity index (χ2n) is 5.34. The predicted octanol–water partition coefficient (Wildman–Crippen LogP) is 2.17. The molecule has 1 aromatic rings. The van der Waals surface area contributed by atoms with Gasteiger partial charge in [0, 0.05) is 12.6 Å². The lowest BCUT2D eigenvalue weighted by molar-refractivity contribution is -0.131. The fourth-order valence-electron chi connectivity index (χ4n) is 2.17. The van der Waals surface area contributed by atoms with Gasteiger partial charge in [-0.25, -0.2) is 17.9 Å². The topological polar surface area (TPSA) is 83.5 Å². The van der Waals surface area contributed by atoms with Crippen molar-refractivity contribution in [2.75, 3.05) is 6.54 Å². The third-order valence-electron chi connectivity index (χ3n) is 3.74. The number of aliphatic carboxylic acids is 1. The van der Waals surface area contributed by atoms with Crippen LogP contribution in [0.15, 0.2) is 29.2 Å². The van der Waals surface area contributed by atoms with E-state index in [2.05, 4.69) is 4.72 Å². The van der Waals surface area contributed by atoms with Crippen molar-refractivity contribution in [3.05, 3.63) is 35.4 Å². The van der Waals surface area contributed by atoms with Gasteiger partial charge in [0.25, 0.3) is 0 Å². The van der Waals surface area contributed by atoms with Crippen molar-refractivity contribution >= 4 is 22.1 Å². The summed E-state index contributed by atoms with van der Waals surface area (Å²) in [5, 5.41) is 8.61. The lowest BCUT2D eigenvalue weighted by Crippen LogP contribution is -2.32. The molecule has 0 spiro atoms. The van der Waals surface area contributed by atoms with Crippen LogP contribution < -0.4 is 4.72 Å². The van der Waals surface area contributed by atoms with Gasteiger partial charge in [0.2, 0.25) is 10.0 Å². The lowest BCUT2D eigenvalue weighted by Gasteiger charge is -2.25. The monoisotopic (exact) mass is 309 g/mol. The molecule has 0 aliphatic heterocycles. The van der Waals surface area contributed by atoms with Crippen LogP contribution in [0.25, 0.3) is 6.08 Å². The van der Waals surface area contributed by atoms with E-state index in [0.29, 0.717) is 18.0 Å². The van der Waals surface area contributed by atoms with Crippen LogP contribution in [-0.2, 0) is 14.8 Å². The van der Waals surface area contributed by atoms with E-state index in [1.54, 1.807) is 19.1 Å². The minimum atomic E-state index is -3.49. The summed E-state index contributed by atoms with van der Waals surface area (Å²) in [6.45, 7) is 2.24. The van der Waals surface area contributed by atoms with Crippen LogP contribution in [0.1, 0.15) is 30.4 Å². The number of carboxylic acid groups (broad SMARTS) is 1. The molecule has 0 saturated heterocycles. The first-order valence-electron chi connectivity index (χ1n) is 6.90. The number of hydrogen-bond acceptors (Lipinski definition) is 3. The number of aryl methyl sites for hydroxylation is 1. The van der Waals surface area contributed by atoms with Gasteiger partial charge in [-0.1, -0.05) is 12.5 Å². The highest BCUT2D eigenvalue weighted by Crippen LogP contribution is 2.26. The highest BCUT2D eigenvalue weighted by atomic mass is 32.2. The molecule has 0 atom stereocenters. The SMILES string of the molecule is Cc1cc(S(=O)(=O)NCC2CCC2)ccc1C=CC(=O)O. The maximum Gasteiger partial charge on any atom is 0.328 e. The number of hydrogen-bond donors (Lipinski definition) is 2. The Kier molecular flexibility index (Phi) is 4.80. The Bertz CT molecular complexity index is 660.